The molecule has 0 spiro atoms. The van der Waals surface area contributed by atoms with Gasteiger partial charge in [-0.1, -0.05) is 13.8 Å². The summed E-state index contributed by atoms with van der Waals surface area (Å²) < 4.78 is 5.94. The molecule has 1 unspecified atom stereocenters. The second-order valence-electron chi connectivity index (χ2n) is 6.28. The van der Waals surface area contributed by atoms with Crippen molar-refractivity contribution in [2.45, 2.75) is 58.2 Å². The fraction of sp³-hybridized carbons (Fsp3) is 0.500. The number of hydrogen-bond donors (Lipinski definition) is 1. The van der Waals surface area contributed by atoms with Crippen molar-refractivity contribution in [1.82, 2.24) is 10.2 Å². The van der Waals surface area contributed by atoms with Crippen LogP contribution in [-0.4, -0.2) is 34.8 Å². The summed E-state index contributed by atoms with van der Waals surface area (Å²) in [5.74, 6) is -0.0730. The van der Waals surface area contributed by atoms with Crippen molar-refractivity contribution in [1.29, 1.82) is 0 Å². The van der Waals surface area contributed by atoms with Gasteiger partial charge >= 0.3 is 0 Å². The van der Waals surface area contributed by atoms with Crippen molar-refractivity contribution in [3.63, 3.8) is 0 Å². The third kappa shape index (κ3) is 3.00. The molecule has 1 atom stereocenters. The Morgan fingerprint density at radius 1 is 1.25 bits per heavy atom. The van der Waals surface area contributed by atoms with Gasteiger partial charge in [0.2, 0.25) is 11.8 Å². The van der Waals surface area contributed by atoms with Crippen LogP contribution in [0.1, 0.15) is 55.5 Å². The van der Waals surface area contributed by atoms with Crippen molar-refractivity contribution >= 4 is 17.7 Å². The predicted molar refractivity (Wildman–Crippen MR) is 87.5 cm³/mol. The Morgan fingerprint density at radius 3 is 2.67 bits per heavy atom. The Morgan fingerprint density at radius 2 is 2.00 bits per heavy atom. The van der Waals surface area contributed by atoms with Gasteiger partial charge in [0, 0.05) is 18.5 Å². The van der Waals surface area contributed by atoms with Crippen LogP contribution in [0.15, 0.2) is 18.2 Å². The zero-order valence-corrected chi connectivity index (χ0v) is 14.0. The van der Waals surface area contributed by atoms with Gasteiger partial charge in [-0.25, -0.2) is 0 Å². The summed E-state index contributed by atoms with van der Waals surface area (Å²) in [7, 11) is 0. The largest absolute Gasteiger partial charge is 0.490 e. The summed E-state index contributed by atoms with van der Waals surface area (Å²) >= 11 is 0. The average Bonchev–Trinajstić information content (AvgIpc) is 2.89. The van der Waals surface area contributed by atoms with Crippen LogP contribution in [0.5, 0.6) is 5.75 Å². The number of benzene rings is 1. The molecule has 1 aromatic carbocycles. The van der Waals surface area contributed by atoms with Gasteiger partial charge in [0.1, 0.15) is 11.8 Å². The molecule has 3 rings (SSSR count). The first-order valence-corrected chi connectivity index (χ1v) is 8.47. The minimum Gasteiger partial charge on any atom is -0.490 e. The zero-order chi connectivity index (χ0) is 17.3. The van der Waals surface area contributed by atoms with Crippen LogP contribution in [0.4, 0.5) is 0 Å². The molecule has 128 valence electrons. The molecule has 1 fully saturated rings. The van der Waals surface area contributed by atoms with E-state index in [2.05, 4.69) is 19.2 Å². The number of nitrogens with zero attached hydrogens (tertiary/aromatic N) is 1. The van der Waals surface area contributed by atoms with E-state index in [9.17, 15) is 14.4 Å². The van der Waals surface area contributed by atoms with Gasteiger partial charge < -0.3 is 9.64 Å². The molecular formula is C18H22N2O4. The van der Waals surface area contributed by atoms with Crippen LogP contribution in [0.25, 0.3) is 0 Å². The normalized spacial score (nSPS) is 20.4. The van der Waals surface area contributed by atoms with Crippen LogP contribution in [0.3, 0.4) is 0 Å². The minimum atomic E-state index is -0.578. The first-order chi connectivity index (χ1) is 11.5. The van der Waals surface area contributed by atoms with Gasteiger partial charge in [-0.2, -0.15) is 0 Å². The smallest absolute Gasteiger partial charge is 0.255 e. The van der Waals surface area contributed by atoms with Crippen LogP contribution in [-0.2, 0) is 16.1 Å². The number of fused-ring (bicyclic) bond motifs is 1. The summed E-state index contributed by atoms with van der Waals surface area (Å²) in [5.41, 5.74) is 1.48. The quantitative estimate of drug-likeness (QED) is 0.838. The Kier molecular flexibility index (Phi) is 4.55. The second kappa shape index (κ2) is 6.63. The van der Waals surface area contributed by atoms with Crippen LogP contribution in [0, 0.1) is 0 Å². The van der Waals surface area contributed by atoms with E-state index in [0.717, 1.165) is 24.2 Å². The lowest BCUT2D eigenvalue weighted by molar-refractivity contribution is -0.136. The SMILES string of the molecule is CCC(CC)Oc1ccc2c(c1)CN(C1CCC(=O)NC1=O)C2=O. The molecule has 3 amide bonds. The fourth-order valence-electron chi connectivity index (χ4n) is 3.27. The molecule has 0 aliphatic carbocycles. The second-order valence-corrected chi connectivity index (χ2v) is 6.28. The standard InChI is InChI=1S/C18H22N2O4/c1-3-12(4-2)24-13-5-6-14-11(9-13)10-20(18(14)23)15-7-8-16(21)19-17(15)22/h5-6,9,12,15H,3-4,7-8,10H2,1-2H3,(H,19,21,22). The van der Waals surface area contributed by atoms with Crippen molar-refractivity contribution in [2.75, 3.05) is 0 Å². The van der Waals surface area contributed by atoms with E-state index < -0.39 is 6.04 Å². The van der Waals surface area contributed by atoms with E-state index in [4.69, 9.17) is 4.74 Å². The summed E-state index contributed by atoms with van der Waals surface area (Å²) in [5, 5.41) is 2.31. The summed E-state index contributed by atoms with van der Waals surface area (Å²) in [4.78, 5) is 37.5. The lowest BCUT2D eigenvalue weighted by atomic mass is 10.0. The number of imide groups is 1. The number of nitrogens with one attached hydrogen (secondary N) is 1. The molecule has 0 bridgehead atoms. The highest BCUT2D eigenvalue weighted by molar-refractivity contribution is 6.05. The third-order valence-corrected chi connectivity index (χ3v) is 4.71. The molecule has 0 saturated carbocycles. The Labute approximate surface area is 141 Å². The van der Waals surface area contributed by atoms with Crippen LogP contribution in [0.2, 0.25) is 0 Å². The maximum absolute atomic E-state index is 12.6. The van der Waals surface area contributed by atoms with E-state index >= 15 is 0 Å². The number of rotatable bonds is 5. The number of carbonyl (C=O) groups excluding carboxylic acids is 3. The zero-order valence-electron chi connectivity index (χ0n) is 14.0. The van der Waals surface area contributed by atoms with Crippen LogP contribution >= 0.6 is 0 Å². The molecule has 2 heterocycles. The first-order valence-electron chi connectivity index (χ1n) is 8.47. The first kappa shape index (κ1) is 16.5. The van der Waals surface area contributed by atoms with E-state index in [1.54, 1.807) is 11.0 Å². The van der Waals surface area contributed by atoms with Crippen molar-refractivity contribution < 1.29 is 19.1 Å². The molecule has 1 N–H and O–H groups in total. The van der Waals surface area contributed by atoms with Gasteiger partial charge in [-0.15, -0.1) is 0 Å². The molecule has 1 aromatic rings. The van der Waals surface area contributed by atoms with Gasteiger partial charge in [-0.05, 0) is 43.0 Å². The Hall–Kier alpha value is -2.37. The summed E-state index contributed by atoms with van der Waals surface area (Å²) in [6.07, 6.45) is 2.65. The van der Waals surface area contributed by atoms with Gasteiger partial charge in [0.25, 0.3) is 5.91 Å². The van der Waals surface area contributed by atoms with Gasteiger partial charge in [0.15, 0.2) is 0 Å². The summed E-state index contributed by atoms with van der Waals surface area (Å²) in [6, 6.07) is 4.88. The highest BCUT2D eigenvalue weighted by Gasteiger charge is 2.39. The molecule has 0 aromatic heterocycles. The molecule has 2 aliphatic heterocycles. The third-order valence-electron chi connectivity index (χ3n) is 4.71. The van der Waals surface area contributed by atoms with Crippen molar-refractivity contribution in [2.24, 2.45) is 0 Å². The van der Waals surface area contributed by atoms with Crippen LogP contribution < -0.4 is 10.1 Å². The maximum Gasteiger partial charge on any atom is 0.255 e. The fourth-order valence-corrected chi connectivity index (χ4v) is 3.27. The van der Waals surface area contributed by atoms with Gasteiger partial charge in [0.05, 0.1) is 6.10 Å². The molecule has 6 nitrogen and oxygen atoms in total. The maximum atomic E-state index is 12.6. The van der Waals surface area contributed by atoms with Crippen molar-refractivity contribution in [3.8, 4) is 5.75 Å². The predicted octanol–water partition coefficient (Wildman–Crippen LogP) is 2.01. The lowest BCUT2D eigenvalue weighted by Crippen LogP contribution is -2.52. The summed E-state index contributed by atoms with van der Waals surface area (Å²) in [6.45, 7) is 4.53. The monoisotopic (exact) mass is 330 g/mol. The highest BCUT2D eigenvalue weighted by atomic mass is 16.5. The van der Waals surface area contributed by atoms with E-state index in [0.29, 0.717) is 18.5 Å². The topological polar surface area (TPSA) is 75.7 Å². The van der Waals surface area contributed by atoms with E-state index in [1.807, 2.05) is 12.1 Å². The molecule has 0 radical (unpaired) electrons. The highest BCUT2D eigenvalue weighted by Crippen LogP contribution is 2.30. The molecular weight excluding hydrogens is 308 g/mol. The lowest BCUT2D eigenvalue weighted by Gasteiger charge is -2.29. The molecule has 6 heteroatoms. The van der Waals surface area contributed by atoms with E-state index in [-0.39, 0.29) is 30.2 Å². The number of amides is 3. The average molecular weight is 330 g/mol. The van der Waals surface area contributed by atoms with Gasteiger partial charge in [-0.3, -0.25) is 19.7 Å². The molecule has 24 heavy (non-hydrogen) atoms. The molecule has 2 aliphatic rings. The Bertz CT molecular complexity index is 682. The molecule has 1 saturated heterocycles. The van der Waals surface area contributed by atoms with Crippen molar-refractivity contribution in [3.05, 3.63) is 29.3 Å². The number of carbonyl (C=O) groups is 3. The minimum absolute atomic E-state index is 0.159. The number of ether oxygens (including phenoxy) is 1. The number of piperidine rings is 1. The number of hydrogen-bond acceptors (Lipinski definition) is 4. The van der Waals surface area contributed by atoms with E-state index in [1.165, 1.54) is 0 Å². The Balaban J connectivity index is 1.77.